The maximum Gasteiger partial charge on any atom is 0.302 e. The molecule has 8 nitrogen and oxygen atoms in total. The number of nitrogens with zero attached hydrogens (tertiary/aromatic N) is 2. The highest BCUT2D eigenvalue weighted by molar-refractivity contribution is 5.75. The van der Waals surface area contributed by atoms with Gasteiger partial charge in [0.05, 0.1) is 20.8 Å². The van der Waals surface area contributed by atoms with Crippen molar-refractivity contribution in [2.24, 2.45) is 0 Å². The van der Waals surface area contributed by atoms with Gasteiger partial charge in [-0.1, -0.05) is 54.6 Å². The van der Waals surface area contributed by atoms with E-state index < -0.39 is 5.60 Å². The van der Waals surface area contributed by atoms with Gasteiger partial charge in [-0.05, 0) is 51.9 Å². The highest BCUT2D eigenvalue weighted by Gasteiger charge is 2.46. The minimum absolute atomic E-state index is 0. The van der Waals surface area contributed by atoms with Crippen LogP contribution >= 0.6 is 0 Å². The van der Waals surface area contributed by atoms with Crippen LogP contribution in [-0.4, -0.2) is 53.6 Å². The van der Waals surface area contributed by atoms with E-state index in [9.17, 15) is 4.79 Å². The molecule has 39 heavy (non-hydrogen) atoms. The quantitative estimate of drug-likeness (QED) is 0.249. The molecule has 0 aliphatic carbocycles. The zero-order valence-corrected chi connectivity index (χ0v) is 21.2. The number of hydrogen-bond acceptors (Lipinski definition) is 7. The second-order valence-electron chi connectivity index (χ2n) is 9.29. The smallest absolute Gasteiger partial charge is 0.302 e. The van der Waals surface area contributed by atoms with Crippen LogP contribution in [-0.2, 0) is 15.1 Å². The molecular weight excluding hydrogens is 512 g/mol. The van der Waals surface area contributed by atoms with E-state index in [1.165, 1.54) is 6.07 Å². The summed E-state index contributed by atoms with van der Waals surface area (Å²) in [6.45, 7) is 0.243. The molecule has 0 amide bonds. The molecule has 3 atom stereocenters. The van der Waals surface area contributed by atoms with Crippen LogP contribution < -0.4 is 19.8 Å². The second-order valence-corrected chi connectivity index (χ2v) is 9.29. The summed E-state index contributed by atoms with van der Waals surface area (Å²) in [5.41, 5.74) is 1.54. The van der Waals surface area contributed by atoms with E-state index in [1.807, 2.05) is 66.7 Å². The number of aromatic nitrogens is 2. The van der Waals surface area contributed by atoms with Crippen molar-refractivity contribution in [2.75, 3.05) is 20.8 Å². The Labute approximate surface area is 231 Å². The Morgan fingerprint density at radius 3 is 2.05 bits per heavy atom. The average Bonchev–Trinajstić information content (AvgIpc) is 3.30. The molecular formula is C30H32N2O6Si. The van der Waals surface area contributed by atoms with E-state index in [0.29, 0.717) is 6.42 Å². The third kappa shape index (κ3) is 4.84. The Balaban J connectivity index is 0.00000308. The first-order valence-electron chi connectivity index (χ1n) is 12.5. The van der Waals surface area contributed by atoms with Crippen LogP contribution in [0.3, 0.4) is 0 Å². The number of fused-ring (bicyclic) bond motifs is 4. The monoisotopic (exact) mass is 544 g/mol. The number of methoxy groups -OCH3 is 2. The molecule has 202 valence electrons. The van der Waals surface area contributed by atoms with Crippen LogP contribution in [0.4, 0.5) is 0 Å². The van der Waals surface area contributed by atoms with Gasteiger partial charge in [0.2, 0.25) is 0 Å². The molecule has 0 saturated carbocycles. The lowest BCUT2D eigenvalue weighted by atomic mass is 9.80. The number of rotatable bonds is 8. The zero-order chi connectivity index (χ0) is 26.1. The summed E-state index contributed by atoms with van der Waals surface area (Å²) in [5, 5.41) is 0. The van der Waals surface area contributed by atoms with Crippen LogP contribution in [0.25, 0.3) is 0 Å². The van der Waals surface area contributed by atoms with Crippen molar-refractivity contribution in [2.45, 2.75) is 30.5 Å². The first kappa shape index (κ1) is 26.7. The molecule has 3 aromatic carbocycles. The van der Waals surface area contributed by atoms with Gasteiger partial charge in [-0.25, -0.2) is 0 Å². The summed E-state index contributed by atoms with van der Waals surface area (Å²) >= 11 is 0. The van der Waals surface area contributed by atoms with Crippen LogP contribution in [0, 0.1) is 0 Å². The van der Waals surface area contributed by atoms with Crippen molar-refractivity contribution in [3.63, 3.8) is 0 Å². The zero-order valence-electron chi connectivity index (χ0n) is 21.2. The summed E-state index contributed by atoms with van der Waals surface area (Å²) < 4.78 is 32.0. The van der Waals surface area contributed by atoms with Crippen LogP contribution in [0.1, 0.15) is 29.3 Å². The molecule has 2 aliphatic heterocycles. The second kappa shape index (κ2) is 11.1. The van der Waals surface area contributed by atoms with Crippen molar-refractivity contribution in [3.8, 4) is 17.5 Å². The lowest BCUT2D eigenvalue weighted by molar-refractivity contribution is -0.0816. The summed E-state index contributed by atoms with van der Waals surface area (Å²) in [4.78, 5) is 15.8. The highest BCUT2D eigenvalue weighted by Crippen LogP contribution is 2.44. The van der Waals surface area contributed by atoms with Crippen LogP contribution in [0.5, 0.6) is 17.5 Å². The minimum atomic E-state index is -0.958. The molecule has 2 aliphatic rings. The first-order chi connectivity index (χ1) is 18.6. The van der Waals surface area contributed by atoms with Crippen molar-refractivity contribution in [1.29, 1.82) is 0 Å². The molecule has 2 bridgehead atoms. The third-order valence-corrected chi connectivity index (χ3v) is 7.19. The fourth-order valence-corrected chi connectivity index (χ4v) is 5.27. The van der Waals surface area contributed by atoms with E-state index in [-0.39, 0.29) is 47.6 Å². The summed E-state index contributed by atoms with van der Waals surface area (Å²) in [7, 11) is 3.30. The molecule has 0 unspecified atom stereocenters. The van der Waals surface area contributed by atoms with Crippen molar-refractivity contribution in [1.82, 2.24) is 9.55 Å². The third-order valence-electron chi connectivity index (χ3n) is 7.19. The lowest BCUT2D eigenvalue weighted by Gasteiger charge is -2.37. The van der Waals surface area contributed by atoms with Gasteiger partial charge in [-0.15, -0.1) is 0 Å². The van der Waals surface area contributed by atoms with Crippen molar-refractivity contribution >= 4 is 11.0 Å². The predicted octanol–water partition coefficient (Wildman–Crippen LogP) is 2.87. The standard InChI is InChI=1S/C30H28N2O6.H4Si/c1-34-23-12-8-21(9-13-23)30(20-6-4-3-5-7-20,22-10-14-24(35-2)15-11-22)36-19-26-25-18-28(37-26)32-17-16-27(33)31-29(32)38-25;/h3-17,25-26,28H,18-19H2,1-2H3;1H4/t25-,26+,28+;/m0./s1. The van der Waals surface area contributed by atoms with Gasteiger partial charge >= 0.3 is 6.01 Å². The molecule has 6 rings (SSSR count). The van der Waals surface area contributed by atoms with E-state index >= 15 is 0 Å². The fourth-order valence-electron chi connectivity index (χ4n) is 5.27. The lowest BCUT2D eigenvalue weighted by Crippen LogP contribution is -2.39. The van der Waals surface area contributed by atoms with Gasteiger partial charge in [-0.2, -0.15) is 4.98 Å². The normalized spacial score (nSPS) is 19.4. The van der Waals surface area contributed by atoms with Gasteiger partial charge < -0.3 is 23.7 Å². The van der Waals surface area contributed by atoms with Gasteiger partial charge in [-0.3, -0.25) is 9.36 Å². The molecule has 0 N–H and O–H groups in total. The van der Waals surface area contributed by atoms with Crippen molar-refractivity contribution in [3.05, 3.63) is 118 Å². The SMILES string of the molecule is COc1ccc(C(OC[C@H]2O[C@@H]3C[C@@H]2Oc2nc(=O)ccn23)(c2ccccc2)c2ccc(OC)cc2)cc1.[SiH4]. The fraction of sp³-hybridized carbons (Fsp3) is 0.267. The van der Waals surface area contributed by atoms with Gasteiger partial charge in [0.25, 0.3) is 5.56 Å². The Morgan fingerprint density at radius 1 is 0.872 bits per heavy atom. The molecule has 0 radical (unpaired) electrons. The highest BCUT2D eigenvalue weighted by atomic mass is 28.1. The number of ether oxygens (including phenoxy) is 5. The Morgan fingerprint density at radius 2 is 1.46 bits per heavy atom. The molecule has 1 fully saturated rings. The van der Waals surface area contributed by atoms with Gasteiger partial charge in [0.1, 0.15) is 35.5 Å². The maximum atomic E-state index is 11.8. The van der Waals surface area contributed by atoms with E-state index in [0.717, 1.165) is 28.2 Å². The van der Waals surface area contributed by atoms with E-state index in [1.54, 1.807) is 25.0 Å². The molecule has 4 aromatic rings. The predicted molar refractivity (Wildman–Crippen MR) is 151 cm³/mol. The molecule has 9 heteroatoms. The summed E-state index contributed by atoms with van der Waals surface area (Å²) in [5.74, 6) is 1.51. The van der Waals surface area contributed by atoms with Crippen molar-refractivity contribution < 1.29 is 23.7 Å². The topological polar surface area (TPSA) is 81.0 Å². The summed E-state index contributed by atoms with van der Waals surface area (Å²) in [6, 6.07) is 27.6. The number of hydrogen-bond donors (Lipinski definition) is 0. The van der Waals surface area contributed by atoms with E-state index in [4.69, 9.17) is 23.7 Å². The molecule has 3 heterocycles. The van der Waals surface area contributed by atoms with Crippen LogP contribution in [0.15, 0.2) is 95.9 Å². The number of benzene rings is 3. The first-order valence-corrected chi connectivity index (χ1v) is 12.5. The molecule has 1 aromatic heterocycles. The Kier molecular flexibility index (Phi) is 7.56. The largest absolute Gasteiger partial charge is 0.497 e. The maximum absolute atomic E-state index is 11.8. The van der Waals surface area contributed by atoms with Crippen LogP contribution in [0.2, 0.25) is 0 Å². The van der Waals surface area contributed by atoms with Gasteiger partial charge in [0.15, 0.2) is 0 Å². The molecule has 1 saturated heterocycles. The Hall–Kier alpha value is -3.92. The van der Waals surface area contributed by atoms with E-state index in [2.05, 4.69) is 17.1 Å². The average molecular weight is 545 g/mol. The minimum Gasteiger partial charge on any atom is -0.497 e. The molecule has 0 spiro atoms. The summed E-state index contributed by atoms with van der Waals surface area (Å²) in [6.07, 6.45) is 1.40. The Bertz CT molecular complexity index is 1410. The van der Waals surface area contributed by atoms with Gasteiger partial charge in [0, 0.05) is 18.7 Å².